The lowest BCUT2D eigenvalue weighted by molar-refractivity contribution is -0.184. The number of nitrogens with zero attached hydrogens (tertiary/aromatic N) is 1. The number of nitrogens with two attached hydrogens (primary N) is 2. The Balaban J connectivity index is 2.24. The first-order valence-electron chi connectivity index (χ1n) is 8.61. The molecule has 0 radical (unpaired) electrons. The maximum absolute atomic E-state index is 11.7. The topological polar surface area (TPSA) is 152 Å². The van der Waals surface area contributed by atoms with E-state index in [1.165, 1.54) is 0 Å². The van der Waals surface area contributed by atoms with Crippen LogP contribution < -0.4 is 11.6 Å². The van der Waals surface area contributed by atoms with Gasteiger partial charge in [-0.3, -0.25) is 0 Å². The lowest BCUT2D eigenvalue weighted by Gasteiger charge is -2.45. The smallest absolute Gasteiger partial charge is 0.355 e. The number of esters is 1. The molecule has 1 aliphatic rings. The van der Waals surface area contributed by atoms with Gasteiger partial charge in [0, 0.05) is 11.1 Å². The average molecular weight is 468 g/mol. The second-order valence-corrected chi connectivity index (χ2v) is 8.13. The highest BCUT2D eigenvalue weighted by molar-refractivity contribution is 7.99. The van der Waals surface area contributed by atoms with Crippen molar-refractivity contribution >= 4 is 40.9 Å². The highest BCUT2D eigenvalue weighted by atomic mass is 35.5. The minimum absolute atomic E-state index is 0.120. The molecule has 1 aromatic carbocycles. The van der Waals surface area contributed by atoms with Crippen molar-refractivity contribution in [3.63, 3.8) is 0 Å². The molecule has 0 aromatic heterocycles. The van der Waals surface area contributed by atoms with E-state index in [4.69, 9.17) is 44.3 Å². The van der Waals surface area contributed by atoms with Crippen LogP contribution in [0.4, 0.5) is 0 Å². The van der Waals surface area contributed by atoms with Crippen LogP contribution >= 0.6 is 35.0 Å². The summed E-state index contributed by atoms with van der Waals surface area (Å²) in [5.74, 6) is 5.15. The Morgan fingerprint density at radius 1 is 1.34 bits per heavy atom. The van der Waals surface area contributed by atoms with Gasteiger partial charge < -0.3 is 35.5 Å². The summed E-state index contributed by atoms with van der Waals surface area (Å²) >= 11 is 13.0. The molecule has 0 aliphatic carbocycles. The molecule has 2 rings (SSSR count). The number of hydrazine groups is 1. The lowest BCUT2D eigenvalue weighted by atomic mass is 9.97. The Morgan fingerprint density at radius 2 is 2.03 bits per heavy atom. The van der Waals surface area contributed by atoms with Crippen molar-refractivity contribution in [1.82, 2.24) is 5.01 Å². The monoisotopic (exact) mass is 467 g/mol. The molecular weight excluding hydrogens is 445 g/mol. The predicted octanol–water partition coefficient (Wildman–Crippen LogP) is 0.432. The molecule has 5 atom stereocenters. The first-order chi connectivity index (χ1) is 13.7. The summed E-state index contributed by atoms with van der Waals surface area (Å²) in [7, 11) is 0. The van der Waals surface area contributed by atoms with E-state index in [1.54, 1.807) is 25.1 Å². The summed E-state index contributed by atoms with van der Waals surface area (Å²) in [4.78, 5) is 12.3. The number of halogens is 2. The van der Waals surface area contributed by atoms with Gasteiger partial charge in [0.1, 0.15) is 35.5 Å². The van der Waals surface area contributed by atoms with E-state index < -0.39 is 42.4 Å². The Bertz CT molecular complexity index is 756. The Labute approximate surface area is 182 Å². The SMILES string of the molecule is CCOC(=O)/C(N)=C/N(N)C1C(O)C(CO)OC(Sc2ccc(Cl)c(Cl)c2)C1O. The van der Waals surface area contributed by atoms with Crippen molar-refractivity contribution in [3.8, 4) is 0 Å². The third-order valence-corrected chi connectivity index (χ3v) is 6.02. The van der Waals surface area contributed by atoms with E-state index in [2.05, 4.69) is 0 Å². The minimum atomic E-state index is -1.36. The van der Waals surface area contributed by atoms with Crippen LogP contribution in [0.2, 0.25) is 10.0 Å². The molecule has 1 heterocycles. The van der Waals surface area contributed by atoms with Crippen LogP contribution in [0.3, 0.4) is 0 Å². The largest absolute Gasteiger partial charge is 0.461 e. The van der Waals surface area contributed by atoms with Crippen molar-refractivity contribution in [3.05, 3.63) is 40.1 Å². The fourth-order valence-electron chi connectivity index (χ4n) is 2.72. The van der Waals surface area contributed by atoms with Gasteiger partial charge in [0.15, 0.2) is 0 Å². The zero-order chi connectivity index (χ0) is 21.7. The number of aliphatic hydroxyl groups is 3. The van der Waals surface area contributed by atoms with Gasteiger partial charge in [0.25, 0.3) is 0 Å². The zero-order valence-corrected chi connectivity index (χ0v) is 17.8. The molecule has 7 N–H and O–H groups in total. The van der Waals surface area contributed by atoms with Gasteiger partial charge in [-0.15, -0.1) is 0 Å². The summed E-state index contributed by atoms with van der Waals surface area (Å²) in [6.45, 7) is 1.22. The highest BCUT2D eigenvalue weighted by Gasteiger charge is 2.46. The number of benzene rings is 1. The second kappa shape index (κ2) is 10.7. The molecular formula is C17H23Cl2N3O6S. The molecule has 1 aromatic rings. The number of carbonyl (C=O) groups excluding carboxylic acids is 1. The fourth-order valence-corrected chi connectivity index (χ4v) is 4.18. The summed E-state index contributed by atoms with van der Waals surface area (Å²) in [5, 5.41) is 32.4. The van der Waals surface area contributed by atoms with Gasteiger partial charge in [-0.25, -0.2) is 10.6 Å². The number of thioether (sulfide) groups is 1. The molecule has 1 saturated heterocycles. The van der Waals surface area contributed by atoms with Crippen LogP contribution in [-0.4, -0.2) is 69.3 Å². The maximum atomic E-state index is 11.7. The Morgan fingerprint density at radius 3 is 2.62 bits per heavy atom. The molecule has 1 fully saturated rings. The minimum Gasteiger partial charge on any atom is -0.461 e. The van der Waals surface area contributed by atoms with Crippen molar-refractivity contribution in [1.29, 1.82) is 0 Å². The normalized spacial score (nSPS) is 27.6. The standard InChI is InChI=1S/C17H23Cl2N3O6S/c1-2-27-16(26)11(20)6-22(21)13-14(24)12(7-23)28-17(15(13)25)29-8-3-4-9(18)10(19)5-8/h3-6,12-15,17,23-25H,2,7,20-21H2,1H3/b11-6-. The molecule has 0 bridgehead atoms. The molecule has 162 valence electrons. The van der Waals surface area contributed by atoms with Crippen molar-refractivity contribution in [2.45, 2.75) is 41.6 Å². The first kappa shape index (κ1) is 24.0. The molecule has 12 heteroatoms. The van der Waals surface area contributed by atoms with Gasteiger partial charge in [-0.05, 0) is 25.1 Å². The second-order valence-electron chi connectivity index (χ2n) is 6.14. The number of hydrogen-bond donors (Lipinski definition) is 5. The van der Waals surface area contributed by atoms with Gasteiger partial charge in [0.2, 0.25) is 0 Å². The number of carbonyl (C=O) groups is 1. The van der Waals surface area contributed by atoms with E-state index in [-0.39, 0.29) is 12.3 Å². The van der Waals surface area contributed by atoms with E-state index in [0.717, 1.165) is 23.0 Å². The summed E-state index contributed by atoms with van der Waals surface area (Å²) in [6.07, 6.45) is -2.66. The Kier molecular flexibility index (Phi) is 8.86. The fraction of sp³-hybridized carbons (Fsp3) is 0.471. The summed E-state index contributed by atoms with van der Waals surface area (Å²) < 4.78 is 10.4. The van der Waals surface area contributed by atoms with E-state index in [0.29, 0.717) is 14.9 Å². The lowest BCUT2D eigenvalue weighted by Crippen LogP contribution is -2.64. The van der Waals surface area contributed by atoms with Gasteiger partial charge >= 0.3 is 5.97 Å². The van der Waals surface area contributed by atoms with Crippen molar-refractivity contribution in [2.24, 2.45) is 11.6 Å². The highest BCUT2D eigenvalue weighted by Crippen LogP contribution is 2.36. The van der Waals surface area contributed by atoms with E-state index in [9.17, 15) is 20.1 Å². The van der Waals surface area contributed by atoms with Crippen LogP contribution in [-0.2, 0) is 14.3 Å². The van der Waals surface area contributed by atoms with E-state index in [1.807, 2.05) is 0 Å². The zero-order valence-electron chi connectivity index (χ0n) is 15.4. The number of rotatable bonds is 7. The third-order valence-electron chi connectivity index (χ3n) is 4.14. The Hall–Kier alpha value is -1.24. The first-order valence-corrected chi connectivity index (χ1v) is 10.2. The molecule has 9 nitrogen and oxygen atoms in total. The van der Waals surface area contributed by atoms with Crippen LogP contribution in [0, 0.1) is 0 Å². The third kappa shape index (κ3) is 5.89. The molecule has 0 saturated carbocycles. The molecule has 0 spiro atoms. The maximum Gasteiger partial charge on any atom is 0.355 e. The van der Waals surface area contributed by atoms with Crippen LogP contribution in [0.1, 0.15) is 6.92 Å². The van der Waals surface area contributed by atoms with Gasteiger partial charge in [-0.1, -0.05) is 35.0 Å². The number of ether oxygens (including phenoxy) is 2. The van der Waals surface area contributed by atoms with Crippen molar-refractivity contribution < 1.29 is 29.6 Å². The molecule has 0 amide bonds. The van der Waals surface area contributed by atoms with Crippen molar-refractivity contribution in [2.75, 3.05) is 13.2 Å². The number of aliphatic hydroxyl groups excluding tert-OH is 3. The predicted molar refractivity (Wildman–Crippen MR) is 109 cm³/mol. The van der Waals surface area contributed by atoms with Crippen LogP contribution in [0.15, 0.2) is 35.0 Å². The van der Waals surface area contributed by atoms with Crippen LogP contribution in [0.5, 0.6) is 0 Å². The molecule has 29 heavy (non-hydrogen) atoms. The molecule has 1 aliphatic heterocycles. The van der Waals surface area contributed by atoms with E-state index >= 15 is 0 Å². The molecule has 5 unspecified atom stereocenters. The van der Waals surface area contributed by atoms with Gasteiger partial charge in [0.05, 0.1) is 23.3 Å². The summed E-state index contributed by atoms with van der Waals surface area (Å²) in [6, 6.07) is 3.74. The average Bonchev–Trinajstić information content (AvgIpc) is 2.67. The van der Waals surface area contributed by atoms with Gasteiger partial charge in [-0.2, -0.15) is 0 Å². The number of hydrogen-bond acceptors (Lipinski definition) is 10. The van der Waals surface area contributed by atoms with Crippen LogP contribution in [0.25, 0.3) is 0 Å². The quantitative estimate of drug-likeness (QED) is 0.165. The summed E-state index contributed by atoms with van der Waals surface area (Å²) in [5.41, 5.74) is 4.42.